The van der Waals surface area contributed by atoms with Gasteiger partial charge in [0.1, 0.15) is 0 Å². The number of carbonyl (C=O) groups excluding carboxylic acids is 1. The molecule has 52 valence electrons. The molecule has 10 heavy (non-hydrogen) atoms. The van der Waals surface area contributed by atoms with E-state index >= 15 is 0 Å². The molecule has 1 aliphatic rings. The molecule has 0 radical (unpaired) electrons. The molecule has 0 aromatic heterocycles. The number of rotatable bonds is 0. The summed E-state index contributed by atoms with van der Waals surface area (Å²) in [5.74, 6) is 0.0919. The minimum atomic E-state index is 0.0919. The van der Waals surface area contributed by atoms with Crippen molar-refractivity contribution in [2.45, 2.75) is 13.8 Å². The lowest BCUT2D eigenvalue weighted by Gasteiger charge is -2.03. The SMILES string of the molecule is CC1=CC(=[NH2+])C=C(C)C1=O. The second-order valence-corrected chi connectivity index (χ2v) is 2.48. The van der Waals surface area contributed by atoms with Crippen LogP contribution in [0, 0.1) is 0 Å². The van der Waals surface area contributed by atoms with E-state index in [1.165, 1.54) is 0 Å². The summed E-state index contributed by atoms with van der Waals surface area (Å²) >= 11 is 0. The Morgan fingerprint density at radius 1 is 1.20 bits per heavy atom. The number of allylic oxidation sites excluding steroid dienone is 4. The second-order valence-electron chi connectivity index (χ2n) is 2.48. The van der Waals surface area contributed by atoms with E-state index in [0.717, 1.165) is 11.1 Å². The standard InChI is InChI=1S/C8H9NO/c1-5-3-7(9)4-6(2)8(5)10/h3-4,9H,1-2H3/p+1. The van der Waals surface area contributed by atoms with Gasteiger partial charge in [-0.3, -0.25) is 10.2 Å². The van der Waals surface area contributed by atoms with Gasteiger partial charge in [-0.15, -0.1) is 0 Å². The van der Waals surface area contributed by atoms with E-state index < -0.39 is 0 Å². The Bertz CT molecular complexity index is 234. The predicted molar refractivity (Wildman–Crippen MR) is 39.5 cm³/mol. The molecule has 0 amide bonds. The zero-order chi connectivity index (χ0) is 7.72. The molecular formula is C8H10NO+. The van der Waals surface area contributed by atoms with Crippen molar-refractivity contribution >= 4 is 11.5 Å². The average molecular weight is 136 g/mol. The van der Waals surface area contributed by atoms with E-state index in [-0.39, 0.29) is 5.78 Å². The molecule has 0 unspecified atom stereocenters. The maximum atomic E-state index is 11.1. The van der Waals surface area contributed by atoms with E-state index in [9.17, 15) is 4.79 Å². The fourth-order valence-corrected chi connectivity index (χ4v) is 0.984. The summed E-state index contributed by atoms with van der Waals surface area (Å²) in [5.41, 5.74) is 2.10. The number of nitrogens with two attached hydrogens (primary N) is 1. The number of carbonyl (C=O) groups is 1. The number of Topliss-reactive ketones (excluding diaryl/α,β-unsaturated/α-hetero) is 1. The van der Waals surface area contributed by atoms with Crippen LogP contribution in [0.3, 0.4) is 0 Å². The van der Waals surface area contributed by atoms with Gasteiger partial charge in [-0.05, 0) is 13.8 Å². The van der Waals surface area contributed by atoms with Gasteiger partial charge in [0, 0.05) is 23.3 Å². The van der Waals surface area contributed by atoms with Crippen LogP contribution in [0.2, 0.25) is 0 Å². The Morgan fingerprint density at radius 3 is 2.00 bits per heavy atom. The summed E-state index contributed by atoms with van der Waals surface area (Å²) in [6.07, 6.45) is 3.38. The molecule has 2 N–H and O–H groups in total. The number of hydrogen-bond donors (Lipinski definition) is 1. The van der Waals surface area contributed by atoms with E-state index in [4.69, 9.17) is 5.41 Å². The van der Waals surface area contributed by atoms with Gasteiger partial charge in [0.15, 0.2) is 11.5 Å². The van der Waals surface area contributed by atoms with Crippen molar-refractivity contribution in [3.63, 3.8) is 0 Å². The van der Waals surface area contributed by atoms with Crippen molar-refractivity contribution in [3.8, 4) is 0 Å². The molecule has 0 aliphatic heterocycles. The first-order valence-corrected chi connectivity index (χ1v) is 3.15. The monoisotopic (exact) mass is 136 g/mol. The first kappa shape index (κ1) is 6.93. The Labute approximate surface area is 59.8 Å². The van der Waals surface area contributed by atoms with Crippen LogP contribution in [0.1, 0.15) is 13.8 Å². The first-order chi connectivity index (χ1) is 4.61. The molecule has 0 saturated heterocycles. The molecule has 0 atom stereocenters. The summed E-state index contributed by atoms with van der Waals surface area (Å²) < 4.78 is 0. The molecule has 0 aromatic rings. The van der Waals surface area contributed by atoms with Crippen LogP contribution in [0.5, 0.6) is 0 Å². The lowest BCUT2D eigenvalue weighted by Crippen LogP contribution is -2.39. The quantitative estimate of drug-likeness (QED) is 0.455. The van der Waals surface area contributed by atoms with Crippen molar-refractivity contribution < 1.29 is 10.2 Å². The predicted octanol–water partition coefficient (Wildman–Crippen LogP) is -0.338. The zero-order valence-electron chi connectivity index (χ0n) is 6.14. The lowest BCUT2D eigenvalue weighted by atomic mass is 9.98. The maximum absolute atomic E-state index is 11.1. The molecule has 1 rings (SSSR count). The van der Waals surface area contributed by atoms with Gasteiger partial charge in [0.25, 0.3) is 0 Å². The van der Waals surface area contributed by atoms with Crippen LogP contribution in [-0.4, -0.2) is 11.5 Å². The highest BCUT2D eigenvalue weighted by Crippen LogP contribution is 2.09. The first-order valence-electron chi connectivity index (χ1n) is 3.15. The van der Waals surface area contributed by atoms with Gasteiger partial charge < -0.3 is 0 Å². The van der Waals surface area contributed by atoms with E-state index in [1.807, 2.05) is 0 Å². The van der Waals surface area contributed by atoms with E-state index in [1.54, 1.807) is 26.0 Å². The van der Waals surface area contributed by atoms with Crippen molar-refractivity contribution in [1.29, 1.82) is 0 Å². The van der Waals surface area contributed by atoms with Gasteiger partial charge in [-0.25, -0.2) is 0 Å². The summed E-state index contributed by atoms with van der Waals surface area (Å²) in [5, 5.41) is 5.49. The van der Waals surface area contributed by atoms with Crippen molar-refractivity contribution in [2.75, 3.05) is 0 Å². The zero-order valence-corrected chi connectivity index (χ0v) is 6.14. The fraction of sp³-hybridized carbons (Fsp3) is 0.250. The highest BCUT2D eigenvalue weighted by atomic mass is 16.1. The maximum Gasteiger partial charge on any atom is 0.197 e. The molecule has 0 heterocycles. The van der Waals surface area contributed by atoms with Gasteiger partial charge in [-0.2, -0.15) is 0 Å². The number of ketones is 1. The summed E-state index contributed by atoms with van der Waals surface area (Å²) in [6.45, 7) is 3.54. The van der Waals surface area contributed by atoms with Crippen LogP contribution >= 0.6 is 0 Å². The fourth-order valence-electron chi connectivity index (χ4n) is 0.984. The Balaban J connectivity index is 3.05. The topological polar surface area (TPSA) is 42.7 Å². The van der Waals surface area contributed by atoms with Crippen molar-refractivity contribution in [3.05, 3.63) is 23.3 Å². The van der Waals surface area contributed by atoms with Crippen LogP contribution < -0.4 is 5.41 Å². The van der Waals surface area contributed by atoms with Crippen molar-refractivity contribution in [1.82, 2.24) is 0 Å². The highest BCUT2D eigenvalue weighted by molar-refractivity contribution is 6.19. The largest absolute Gasteiger partial charge is 0.289 e. The van der Waals surface area contributed by atoms with E-state index in [0.29, 0.717) is 5.71 Å². The molecule has 1 aliphatic carbocycles. The molecule has 0 aromatic carbocycles. The Morgan fingerprint density at radius 2 is 1.60 bits per heavy atom. The minimum absolute atomic E-state index is 0.0919. The smallest absolute Gasteiger partial charge is 0.197 e. The number of hydrogen-bond acceptors (Lipinski definition) is 1. The minimum Gasteiger partial charge on any atom is -0.289 e. The molecule has 0 bridgehead atoms. The van der Waals surface area contributed by atoms with Crippen LogP contribution in [-0.2, 0) is 4.79 Å². The Hall–Kier alpha value is -1.18. The third-order valence-electron chi connectivity index (χ3n) is 1.48. The van der Waals surface area contributed by atoms with Crippen LogP contribution in [0.25, 0.3) is 0 Å². The molecule has 2 heteroatoms. The van der Waals surface area contributed by atoms with Crippen LogP contribution in [0.4, 0.5) is 0 Å². The van der Waals surface area contributed by atoms with Gasteiger partial charge >= 0.3 is 0 Å². The third-order valence-corrected chi connectivity index (χ3v) is 1.48. The summed E-state index contributed by atoms with van der Waals surface area (Å²) in [6, 6.07) is 0. The normalized spacial score (nSPS) is 18.6. The van der Waals surface area contributed by atoms with Gasteiger partial charge in [0.2, 0.25) is 0 Å². The molecule has 0 saturated carbocycles. The van der Waals surface area contributed by atoms with Gasteiger partial charge in [0.05, 0.1) is 0 Å². The second kappa shape index (κ2) is 2.21. The summed E-state index contributed by atoms with van der Waals surface area (Å²) in [4.78, 5) is 11.1. The molecule has 2 nitrogen and oxygen atoms in total. The molecule has 0 spiro atoms. The van der Waals surface area contributed by atoms with E-state index in [2.05, 4.69) is 0 Å². The van der Waals surface area contributed by atoms with Crippen molar-refractivity contribution in [2.24, 2.45) is 0 Å². The lowest BCUT2D eigenvalue weighted by molar-refractivity contribution is -0.115. The average Bonchev–Trinajstić information content (AvgIpc) is 1.82. The third kappa shape index (κ3) is 1.05. The molecule has 0 fully saturated rings. The van der Waals surface area contributed by atoms with Gasteiger partial charge in [-0.1, -0.05) is 0 Å². The Kier molecular flexibility index (Phi) is 1.53. The van der Waals surface area contributed by atoms with Crippen LogP contribution in [0.15, 0.2) is 23.3 Å². The highest BCUT2D eigenvalue weighted by Gasteiger charge is 2.14. The summed E-state index contributed by atoms with van der Waals surface area (Å²) in [7, 11) is 0. The molecular weight excluding hydrogens is 126 g/mol.